The van der Waals surface area contributed by atoms with Gasteiger partial charge in [-0.05, 0) is 11.4 Å². The molecule has 0 spiro atoms. The van der Waals surface area contributed by atoms with Gasteiger partial charge < -0.3 is 15.7 Å². The van der Waals surface area contributed by atoms with Crippen LogP contribution in [0.2, 0.25) is 0 Å². The van der Waals surface area contributed by atoms with Gasteiger partial charge in [0.05, 0.1) is 4.88 Å². The molecule has 0 aliphatic rings. The number of carbonyl (C=O) groups is 3. The molecule has 2 amide bonds. The summed E-state index contributed by atoms with van der Waals surface area (Å²) in [6, 6.07) is 2.33. The van der Waals surface area contributed by atoms with Crippen molar-refractivity contribution in [3.05, 3.63) is 22.4 Å². The lowest BCUT2D eigenvalue weighted by molar-refractivity contribution is -0.141. The Morgan fingerprint density at radius 3 is 2.75 bits per heavy atom. The summed E-state index contributed by atoms with van der Waals surface area (Å²) in [7, 11) is 0. The summed E-state index contributed by atoms with van der Waals surface area (Å²) in [6.07, 6.45) is 4.93. The van der Waals surface area contributed by atoms with Gasteiger partial charge in [0.25, 0.3) is 5.91 Å². The summed E-state index contributed by atoms with van der Waals surface area (Å²) in [5.41, 5.74) is 0. The van der Waals surface area contributed by atoms with Crippen LogP contribution in [0.15, 0.2) is 17.5 Å². The Hall–Kier alpha value is -2.33. The predicted molar refractivity (Wildman–Crippen MR) is 74.3 cm³/mol. The zero-order valence-electron chi connectivity index (χ0n) is 10.6. The van der Waals surface area contributed by atoms with E-state index < -0.39 is 17.9 Å². The Kier molecular flexibility index (Phi) is 6.26. The highest BCUT2D eigenvalue weighted by atomic mass is 32.1. The lowest BCUT2D eigenvalue weighted by Crippen LogP contribution is -2.41. The van der Waals surface area contributed by atoms with Crippen molar-refractivity contribution in [2.45, 2.75) is 18.9 Å². The minimum absolute atomic E-state index is 0.00847. The fraction of sp³-hybridized carbons (Fsp3) is 0.308. The Balaban J connectivity index is 2.31. The first kappa shape index (κ1) is 15.7. The number of hydrogen-bond acceptors (Lipinski definition) is 4. The average Bonchev–Trinajstić information content (AvgIpc) is 2.91. The van der Waals surface area contributed by atoms with Crippen LogP contribution < -0.4 is 10.6 Å². The molecule has 20 heavy (non-hydrogen) atoms. The number of aliphatic carboxylic acids is 1. The molecule has 0 radical (unpaired) electrons. The van der Waals surface area contributed by atoms with E-state index in [2.05, 4.69) is 16.6 Å². The van der Waals surface area contributed by atoms with E-state index in [0.717, 1.165) is 0 Å². The Labute approximate surface area is 120 Å². The largest absolute Gasteiger partial charge is 0.480 e. The maximum atomic E-state index is 11.6. The molecule has 0 saturated carbocycles. The van der Waals surface area contributed by atoms with Crippen LogP contribution in [0.1, 0.15) is 22.5 Å². The maximum Gasteiger partial charge on any atom is 0.327 e. The van der Waals surface area contributed by atoms with Crippen molar-refractivity contribution in [3.8, 4) is 12.3 Å². The normalized spacial score (nSPS) is 11.2. The van der Waals surface area contributed by atoms with E-state index >= 15 is 0 Å². The molecule has 1 rings (SSSR count). The Morgan fingerprint density at radius 2 is 2.20 bits per heavy atom. The second kappa shape index (κ2) is 7.96. The third-order valence-electron chi connectivity index (χ3n) is 2.34. The first-order chi connectivity index (χ1) is 9.54. The molecule has 0 saturated heterocycles. The van der Waals surface area contributed by atoms with Crippen molar-refractivity contribution in [3.63, 3.8) is 0 Å². The lowest BCUT2D eigenvalue weighted by Gasteiger charge is -2.11. The quantitative estimate of drug-likeness (QED) is 0.637. The van der Waals surface area contributed by atoms with Gasteiger partial charge in [-0.1, -0.05) is 6.07 Å². The predicted octanol–water partition coefficient (Wildman–Crippen LogP) is 0.461. The zero-order chi connectivity index (χ0) is 15.0. The van der Waals surface area contributed by atoms with Crippen molar-refractivity contribution in [2.75, 3.05) is 6.54 Å². The summed E-state index contributed by atoms with van der Waals surface area (Å²) in [4.78, 5) is 34.4. The molecular weight excluding hydrogens is 280 g/mol. The minimum atomic E-state index is -1.18. The highest BCUT2D eigenvalue weighted by Crippen LogP contribution is 2.07. The summed E-state index contributed by atoms with van der Waals surface area (Å²) in [6.45, 7) is 0.130. The van der Waals surface area contributed by atoms with Crippen LogP contribution in [-0.4, -0.2) is 35.5 Å². The highest BCUT2D eigenvalue weighted by Gasteiger charge is 2.18. The number of carboxylic acids is 1. The molecule has 3 N–H and O–H groups in total. The molecule has 0 aliphatic carbocycles. The zero-order valence-corrected chi connectivity index (χ0v) is 11.4. The molecular formula is C13H14N2O4S. The molecule has 0 bridgehead atoms. The Morgan fingerprint density at radius 1 is 1.45 bits per heavy atom. The first-order valence-corrected chi connectivity index (χ1v) is 6.70. The van der Waals surface area contributed by atoms with Crippen LogP contribution in [0.3, 0.4) is 0 Å². The van der Waals surface area contributed by atoms with Crippen molar-refractivity contribution < 1.29 is 19.5 Å². The van der Waals surface area contributed by atoms with Crippen LogP contribution in [-0.2, 0) is 9.59 Å². The van der Waals surface area contributed by atoms with Crippen LogP contribution in [0, 0.1) is 12.3 Å². The molecule has 0 aromatic carbocycles. The molecule has 1 aromatic rings. The second-order valence-electron chi connectivity index (χ2n) is 3.85. The van der Waals surface area contributed by atoms with Gasteiger partial charge >= 0.3 is 5.97 Å². The van der Waals surface area contributed by atoms with E-state index in [4.69, 9.17) is 11.5 Å². The molecule has 0 fully saturated rings. The van der Waals surface area contributed by atoms with Gasteiger partial charge in [0, 0.05) is 19.4 Å². The highest BCUT2D eigenvalue weighted by molar-refractivity contribution is 7.12. The van der Waals surface area contributed by atoms with Gasteiger partial charge in [0.15, 0.2) is 0 Å². The molecule has 1 heterocycles. The summed E-state index contributed by atoms with van der Waals surface area (Å²) < 4.78 is 0. The van der Waals surface area contributed by atoms with Crippen LogP contribution in [0.25, 0.3) is 0 Å². The number of rotatable bonds is 7. The summed E-state index contributed by atoms with van der Waals surface area (Å²) in [5.74, 6) is 0.271. The van der Waals surface area contributed by atoms with E-state index in [0.29, 0.717) is 4.88 Å². The topological polar surface area (TPSA) is 95.5 Å². The monoisotopic (exact) mass is 294 g/mol. The standard InChI is InChI=1S/C13H14N2O4S/c1-2-4-9(13(18)19)15-11(16)6-7-14-12(17)10-5-3-8-20-10/h1,3,5,8-9H,4,6-7H2,(H,14,17)(H,15,16)(H,18,19). The van der Waals surface area contributed by atoms with Crippen molar-refractivity contribution in [1.29, 1.82) is 0 Å². The number of carbonyl (C=O) groups excluding carboxylic acids is 2. The number of terminal acetylenes is 1. The lowest BCUT2D eigenvalue weighted by atomic mass is 10.2. The number of thiophene rings is 1. The number of amides is 2. The van der Waals surface area contributed by atoms with E-state index in [1.54, 1.807) is 17.5 Å². The smallest absolute Gasteiger partial charge is 0.327 e. The van der Waals surface area contributed by atoms with E-state index in [1.807, 2.05) is 0 Å². The molecule has 106 valence electrons. The average molecular weight is 294 g/mol. The second-order valence-corrected chi connectivity index (χ2v) is 4.80. The molecule has 1 unspecified atom stereocenters. The SMILES string of the molecule is C#CCC(NC(=O)CCNC(=O)c1cccs1)C(=O)O. The summed E-state index contributed by atoms with van der Waals surface area (Å²) >= 11 is 1.30. The van der Waals surface area contributed by atoms with Crippen molar-refractivity contribution in [2.24, 2.45) is 0 Å². The molecule has 0 aliphatic heterocycles. The third-order valence-corrected chi connectivity index (χ3v) is 3.21. The van der Waals surface area contributed by atoms with Gasteiger partial charge in [-0.2, -0.15) is 0 Å². The number of carboxylic acid groups (broad SMARTS) is 1. The number of hydrogen-bond donors (Lipinski definition) is 3. The van der Waals surface area contributed by atoms with Gasteiger partial charge in [-0.25, -0.2) is 4.79 Å². The molecule has 1 atom stereocenters. The first-order valence-electron chi connectivity index (χ1n) is 5.82. The molecule has 6 nitrogen and oxygen atoms in total. The van der Waals surface area contributed by atoms with Crippen molar-refractivity contribution >= 4 is 29.1 Å². The van der Waals surface area contributed by atoms with Gasteiger partial charge in [-0.3, -0.25) is 9.59 Å². The van der Waals surface area contributed by atoms with Gasteiger partial charge in [0.2, 0.25) is 5.91 Å². The van der Waals surface area contributed by atoms with Gasteiger partial charge in [0.1, 0.15) is 6.04 Å². The molecule has 7 heteroatoms. The van der Waals surface area contributed by atoms with Crippen LogP contribution in [0.5, 0.6) is 0 Å². The minimum Gasteiger partial charge on any atom is -0.480 e. The maximum absolute atomic E-state index is 11.6. The van der Waals surface area contributed by atoms with Gasteiger partial charge in [-0.15, -0.1) is 23.7 Å². The van der Waals surface area contributed by atoms with Crippen LogP contribution >= 0.6 is 11.3 Å². The molecule has 1 aromatic heterocycles. The van der Waals surface area contributed by atoms with Crippen LogP contribution in [0.4, 0.5) is 0 Å². The van der Waals surface area contributed by atoms with Crippen molar-refractivity contribution in [1.82, 2.24) is 10.6 Å². The number of nitrogens with one attached hydrogen (secondary N) is 2. The summed E-state index contributed by atoms with van der Waals surface area (Å²) in [5, 5.41) is 15.5. The third kappa shape index (κ3) is 5.12. The fourth-order valence-electron chi connectivity index (χ4n) is 1.37. The Bertz CT molecular complexity index is 519. The van der Waals surface area contributed by atoms with E-state index in [9.17, 15) is 14.4 Å². The van der Waals surface area contributed by atoms with E-state index in [-0.39, 0.29) is 25.3 Å². The van der Waals surface area contributed by atoms with E-state index in [1.165, 1.54) is 11.3 Å². The fourth-order valence-corrected chi connectivity index (χ4v) is 2.01.